The molecule has 1 aliphatic heterocycles. The van der Waals surface area contributed by atoms with Crippen molar-refractivity contribution in [3.63, 3.8) is 0 Å². The van der Waals surface area contributed by atoms with Gasteiger partial charge in [0.15, 0.2) is 0 Å². The summed E-state index contributed by atoms with van der Waals surface area (Å²) in [4.78, 5) is 4.92. The first kappa shape index (κ1) is 9.74. The molecule has 0 bridgehead atoms. The minimum Gasteiger partial charge on any atom is -0.329 e. The van der Waals surface area contributed by atoms with E-state index in [1.807, 2.05) is 35.0 Å². The normalized spacial score (nSPS) is 24.0. The Bertz CT molecular complexity index is 524. The Hall–Kier alpha value is -1.46. The Morgan fingerprint density at radius 2 is 2.31 bits per heavy atom. The number of aromatic nitrogens is 2. The third-order valence-electron chi connectivity index (χ3n) is 2.77. The van der Waals surface area contributed by atoms with Crippen LogP contribution in [0, 0.1) is 0 Å². The summed E-state index contributed by atoms with van der Waals surface area (Å²) in [6, 6.07) is 8.00. The van der Waals surface area contributed by atoms with Crippen molar-refractivity contribution in [1.82, 2.24) is 14.3 Å². The topological polar surface area (TPSA) is 46.9 Å². The Balaban J connectivity index is 2.11. The number of imidazole rings is 1. The minimum atomic E-state index is -1.08. The smallest absolute Gasteiger partial charge is 0.125 e. The van der Waals surface area contributed by atoms with E-state index in [2.05, 4.69) is 9.71 Å². The third kappa shape index (κ3) is 1.48. The lowest BCUT2D eigenvalue weighted by Gasteiger charge is -2.26. The van der Waals surface area contributed by atoms with Gasteiger partial charge in [-0.25, -0.2) is 13.9 Å². The van der Waals surface area contributed by atoms with E-state index in [4.69, 9.17) is 0 Å². The summed E-state index contributed by atoms with van der Waals surface area (Å²) in [6.45, 7) is 0.667. The Morgan fingerprint density at radius 3 is 3.12 bits per heavy atom. The highest BCUT2D eigenvalue weighted by atomic mass is 32.2. The van der Waals surface area contributed by atoms with E-state index >= 15 is 0 Å². The van der Waals surface area contributed by atoms with E-state index in [1.165, 1.54) is 0 Å². The van der Waals surface area contributed by atoms with Gasteiger partial charge in [-0.3, -0.25) is 0 Å². The summed E-state index contributed by atoms with van der Waals surface area (Å²) < 4.78 is 16.8. The van der Waals surface area contributed by atoms with E-state index in [0.717, 1.165) is 10.5 Å². The molecule has 0 saturated carbocycles. The first-order valence-corrected chi connectivity index (χ1v) is 6.23. The standard InChI is InChI=1S/C11H11N3OS/c15-16-11-4-2-1-3-9(11)10(7-13-16)14-6-5-12-8-14/h1-6,8,10,13H,7H2. The molecule has 82 valence electrons. The van der Waals surface area contributed by atoms with E-state index < -0.39 is 11.0 Å². The lowest BCUT2D eigenvalue weighted by Crippen LogP contribution is -2.33. The molecule has 1 aliphatic rings. The van der Waals surface area contributed by atoms with Crippen LogP contribution in [0.1, 0.15) is 11.6 Å². The molecule has 0 fully saturated rings. The van der Waals surface area contributed by atoms with Gasteiger partial charge in [-0.15, -0.1) is 0 Å². The zero-order chi connectivity index (χ0) is 11.0. The molecule has 1 aromatic carbocycles. The average molecular weight is 233 g/mol. The molecule has 2 atom stereocenters. The van der Waals surface area contributed by atoms with Crippen LogP contribution in [0.5, 0.6) is 0 Å². The first-order valence-electron chi connectivity index (χ1n) is 5.08. The predicted molar refractivity (Wildman–Crippen MR) is 61.2 cm³/mol. The van der Waals surface area contributed by atoms with Crippen LogP contribution >= 0.6 is 0 Å². The molecule has 2 aromatic rings. The molecule has 2 unspecified atom stereocenters. The first-order chi connectivity index (χ1) is 7.86. The number of rotatable bonds is 1. The van der Waals surface area contributed by atoms with Crippen LogP contribution in [-0.2, 0) is 11.0 Å². The summed E-state index contributed by atoms with van der Waals surface area (Å²) >= 11 is 0. The summed E-state index contributed by atoms with van der Waals surface area (Å²) in [5, 5.41) is 0. The number of hydrogen-bond acceptors (Lipinski definition) is 2. The maximum absolute atomic E-state index is 11.8. The maximum atomic E-state index is 11.8. The molecule has 3 rings (SSSR count). The molecule has 0 spiro atoms. The zero-order valence-corrected chi connectivity index (χ0v) is 9.35. The zero-order valence-electron chi connectivity index (χ0n) is 8.54. The lowest BCUT2D eigenvalue weighted by molar-refractivity contribution is 0.546. The molecular weight excluding hydrogens is 222 g/mol. The number of benzene rings is 1. The molecule has 0 aliphatic carbocycles. The summed E-state index contributed by atoms with van der Waals surface area (Å²) in [7, 11) is -1.08. The molecule has 0 saturated heterocycles. The van der Waals surface area contributed by atoms with Gasteiger partial charge in [-0.1, -0.05) is 18.2 Å². The molecule has 0 radical (unpaired) electrons. The number of nitrogens with zero attached hydrogens (tertiary/aromatic N) is 2. The second kappa shape index (κ2) is 3.84. The Morgan fingerprint density at radius 1 is 1.44 bits per heavy atom. The fourth-order valence-electron chi connectivity index (χ4n) is 1.99. The van der Waals surface area contributed by atoms with Crippen LogP contribution in [0.4, 0.5) is 0 Å². The summed E-state index contributed by atoms with van der Waals surface area (Å²) in [5.74, 6) is 0. The lowest BCUT2D eigenvalue weighted by atomic mass is 10.1. The van der Waals surface area contributed by atoms with Crippen molar-refractivity contribution < 1.29 is 4.21 Å². The highest BCUT2D eigenvalue weighted by Crippen LogP contribution is 2.27. The highest BCUT2D eigenvalue weighted by molar-refractivity contribution is 7.83. The van der Waals surface area contributed by atoms with Crippen molar-refractivity contribution in [2.75, 3.05) is 6.54 Å². The molecule has 1 aromatic heterocycles. The quantitative estimate of drug-likeness (QED) is 0.801. The SMILES string of the molecule is O=S1NCC(n2ccnc2)c2ccccc21. The second-order valence-corrected chi connectivity index (χ2v) is 4.95. The van der Waals surface area contributed by atoms with E-state index in [9.17, 15) is 4.21 Å². The van der Waals surface area contributed by atoms with Gasteiger partial charge in [0, 0.05) is 18.9 Å². The van der Waals surface area contributed by atoms with Crippen molar-refractivity contribution >= 4 is 11.0 Å². The van der Waals surface area contributed by atoms with Crippen LogP contribution in [0.3, 0.4) is 0 Å². The molecule has 4 nitrogen and oxygen atoms in total. The van der Waals surface area contributed by atoms with Crippen LogP contribution in [0.15, 0.2) is 47.9 Å². The van der Waals surface area contributed by atoms with Crippen molar-refractivity contribution in [2.24, 2.45) is 0 Å². The van der Waals surface area contributed by atoms with Crippen molar-refractivity contribution in [3.8, 4) is 0 Å². The largest absolute Gasteiger partial charge is 0.329 e. The third-order valence-corrected chi connectivity index (χ3v) is 3.97. The van der Waals surface area contributed by atoms with Crippen molar-refractivity contribution in [3.05, 3.63) is 48.5 Å². The number of nitrogens with one attached hydrogen (secondary N) is 1. The van der Waals surface area contributed by atoms with Gasteiger partial charge in [0.05, 0.1) is 17.3 Å². The Kier molecular flexibility index (Phi) is 2.34. The van der Waals surface area contributed by atoms with Crippen LogP contribution in [-0.4, -0.2) is 20.3 Å². The van der Waals surface area contributed by atoms with Crippen LogP contribution in [0.2, 0.25) is 0 Å². The maximum Gasteiger partial charge on any atom is 0.125 e. The molecule has 16 heavy (non-hydrogen) atoms. The molecule has 0 amide bonds. The second-order valence-electron chi connectivity index (χ2n) is 3.68. The van der Waals surface area contributed by atoms with Crippen molar-refractivity contribution in [2.45, 2.75) is 10.9 Å². The molecule has 5 heteroatoms. The Labute approximate surface area is 95.9 Å². The molecular formula is C11H11N3OS. The average Bonchev–Trinajstić information content (AvgIpc) is 2.83. The summed E-state index contributed by atoms with van der Waals surface area (Å²) in [6.07, 6.45) is 5.48. The van der Waals surface area contributed by atoms with Gasteiger partial charge in [0.1, 0.15) is 11.0 Å². The van der Waals surface area contributed by atoms with E-state index in [-0.39, 0.29) is 6.04 Å². The monoisotopic (exact) mass is 233 g/mol. The van der Waals surface area contributed by atoms with Crippen LogP contribution in [0.25, 0.3) is 0 Å². The fraction of sp³-hybridized carbons (Fsp3) is 0.182. The van der Waals surface area contributed by atoms with Crippen molar-refractivity contribution in [1.29, 1.82) is 0 Å². The van der Waals surface area contributed by atoms with Gasteiger partial charge in [-0.05, 0) is 11.6 Å². The number of hydrogen-bond donors (Lipinski definition) is 1. The number of fused-ring (bicyclic) bond motifs is 1. The van der Waals surface area contributed by atoms with Gasteiger partial charge in [-0.2, -0.15) is 0 Å². The van der Waals surface area contributed by atoms with Gasteiger partial charge < -0.3 is 4.57 Å². The van der Waals surface area contributed by atoms with Gasteiger partial charge >= 0.3 is 0 Å². The summed E-state index contributed by atoms with van der Waals surface area (Å²) in [5.41, 5.74) is 1.11. The van der Waals surface area contributed by atoms with Crippen LogP contribution < -0.4 is 4.72 Å². The highest BCUT2D eigenvalue weighted by Gasteiger charge is 2.24. The van der Waals surface area contributed by atoms with Gasteiger partial charge in [0.2, 0.25) is 0 Å². The minimum absolute atomic E-state index is 0.177. The molecule has 1 N–H and O–H groups in total. The molecule has 2 heterocycles. The predicted octanol–water partition coefficient (Wildman–Crippen LogP) is 1.10. The van der Waals surface area contributed by atoms with E-state index in [1.54, 1.807) is 12.5 Å². The van der Waals surface area contributed by atoms with E-state index in [0.29, 0.717) is 6.54 Å². The van der Waals surface area contributed by atoms with Gasteiger partial charge in [0.25, 0.3) is 0 Å². The fourth-order valence-corrected chi connectivity index (χ4v) is 3.07.